The molecule has 2 aromatic carbocycles. The van der Waals surface area contributed by atoms with E-state index in [2.05, 4.69) is 16.8 Å². The van der Waals surface area contributed by atoms with Crippen molar-refractivity contribution >= 4 is 17.0 Å². The smallest absolute Gasteiger partial charge is 0.373 e. The van der Waals surface area contributed by atoms with Crippen molar-refractivity contribution in [2.45, 2.75) is 13.8 Å². The summed E-state index contributed by atoms with van der Waals surface area (Å²) in [6.07, 6.45) is 0. The molecule has 3 rings (SSSR count). The molecule has 0 bridgehead atoms. The number of carbonyl (C=O) groups excluding carboxylic acids is 1. The minimum atomic E-state index is -0.625. The van der Waals surface area contributed by atoms with Crippen molar-refractivity contribution in [3.05, 3.63) is 48.2 Å². The molecule has 0 atom stereocenters. The van der Waals surface area contributed by atoms with Gasteiger partial charge in [-0.1, -0.05) is 0 Å². The van der Waals surface area contributed by atoms with Crippen molar-refractivity contribution in [3.8, 4) is 22.9 Å². The summed E-state index contributed by atoms with van der Waals surface area (Å²) in [5.41, 5.74) is 2.13. The van der Waals surface area contributed by atoms with E-state index in [1.807, 2.05) is 0 Å². The molecular formula is C19H19N3O5. The van der Waals surface area contributed by atoms with Crippen LogP contribution < -0.4 is 9.47 Å². The van der Waals surface area contributed by atoms with Crippen LogP contribution in [0.5, 0.6) is 17.2 Å². The van der Waals surface area contributed by atoms with E-state index in [4.69, 9.17) is 14.2 Å². The van der Waals surface area contributed by atoms with Crippen LogP contribution in [0.25, 0.3) is 16.7 Å². The van der Waals surface area contributed by atoms with E-state index < -0.39 is 5.97 Å². The van der Waals surface area contributed by atoms with Crippen molar-refractivity contribution in [3.63, 3.8) is 0 Å². The standard InChI is InChI=1S/C19H19N3O5/c1-5-26-19(24)12(3)27-13-6-7-14-15(10-13)21-22(20-14)16-8-9-17(25-4)11(2)18(16)23/h6-10,23H,3,5H2,1-2,4H3. The van der Waals surface area contributed by atoms with Gasteiger partial charge in [-0.05, 0) is 44.7 Å². The van der Waals surface area contributed by atoms with Crippen LogP contribution in [-0.2, 0) is 9.53 Å². The minimum absolute atomic E-state index is 0.0295. The van der Waals surface area contributed by atoms with Gasteiger partial charge in [-0.25, -0.2) is 4.79 Å². The summed E-state index contributed by atoms with van der Waals surface area (Å²) >= 11 is 0. The van der Waals surface area contributed by atoms with Crippen molar-refractivity contribution in [1.82, 2.24) is 15.0 Å². The highest BCUT2D eigenvalue weighted by Crippen LogP contribution is 2.32. The second kappa shape index (κ2) is 7.36. The summed E-state index contributed by atoms with van der Waals surface area (Å²) in [5.74, 6) is 0.234. The highest BCUT2D eigenvalue weighted by molar-refractivity contribution is 5.86. The Labute approximate surface area is 155 Å². The van der Waals surface area contributed by atoms with Gasteiger partial charge in [0.1, 0.15) is 34.0 Å². The van der Waals surface area contributed by atoms with E-state index in [9.17, 15) is 9.90 Å². The fraction of sp³-hybridized carbons (Fsp3) is 0.211. The summed E-state index contributed by atoms with van der Waals surface area (Å²) in [7, 11) is 1.54. The van der Waals surface area contributed by atoms with Crippen molar-refractivity contribution in [2.75, 3.05) is 13.7 Å². The van der Waals surface area contributed by atoms with Crippen LogP contribution in [0.3, 0.4) is 0 Å². The van der Waals surface area contributed by atoms with Gasteiger partial charge in [0.15, 0.2) is 0 Å². The van der Waals surface area contributed by atoms with Gasteiger partial charge in [-0.2, -0.15) is 0 Å². The summed E-state index contributed by atoms with van der Waals surface area (Å²) in [5, 5.41) is 19.1. The van der Waals surface area contributed by atoms with Gasteiger partial charge in [-0.15, -0.1) is 15.0 Å². The number of aromatic nitrogens is 3. The first kappa shape index (κ1) is 18.2. The van der Waals surface area contributed by atoms with Gasteiger partial charge in [0.25, 0.3) is 0 Å². The number of ether oxygens (including phenoxy) is 3. The van der Waals surface area contributed by atoms with Gasteiger partial charge >= 0.3 is 5.97 Å². The highest BCUT2D eigenvalue weighted by atomic mass is 16.6. The third kappa shape index (κ3) is 3.55. The number of phenols is 1. The number of carbonyl (C=O) groups is 1. The number of hydrogen-bond acceptors (Lipinski definition) is 7. The molecule has 0 amide bonds. The Kier molecular flexibility index (Phi) is 4.98. The number of hydrogen-bond donors (Lipinski definition) is 1. The van der Waals surface area contributed by atoms with E-state index in [1.165, 1.54) is 11.9 Å². The van der Waals surface area contributed by atoms with Gasteiger partial charge in [0.2, 0.25) is 5.76 Å². The van der Waals surface area contributed by atoms with E-state index in [1.54, 1.807) is 44.2 Å². The third-order valence-corrected chi connectivity index (χ3v) is 3.89. The average Bonchev–Trinajstić information content (AvgIpc) is 3.07. The van der Waals surface area contributed by atoms with E-state index in [0.717, 1.165) is 0 Å². The fourth-order valence-corrected chi connectivity index (χ4v) is 2.51. The molecule has 0 spiro atoms. The van der Waals surface area contributed by atoms with Crippen molar-refractivity contribution in [2.24, 2.45) is 0 Å². The molecule has 140 valence electrons. The Morgan fingerprint density at radius 1 is 1.22 bits per heavy atom. The van der Waals surface area contributed by atoms with E-state index in [0.29, 0.717) is 33.8 Å². The maximum Gasteiger partial charge on any atom is 0.373 e. The molecule has 0 radical (unpaired) electrons. The molecule has 1 N–H and O–H groups in total. The molecule has 1 aromatic heterocycles. The van der Waals surface area contributed by atoms with Gasteiger partial charge in [0, 0.05) is 11.6 Å². The topological polar surface area (TPSA) is 95.7 Å². The van der Waals surface area contributed by atoms with Gasteiger partial charge in [0.05, 0.1) is 13.7 Å². The Morgan fingerprint density at radius 3 is 2.67 bits per heavy atom. The Morgan fingerprint density at radius 2 is 1.96 bits per heavy atom. The molecular weight excluding hydrogens is 350 g/mol. The molecule has 0 aliphatic heterocycles. The van der Waals surface area contributed by atoms with Crippen LogP contribution in [-0.4, -0.2) is 39.8 Å². The first-order chi connectivity index (χ1) is 12.9. The number of rotatable bonds is 6. The quantitative estimate of drug-likeness (QED) is 0.405. The average molecular weight is 369 g/mol. The summed E-state index contributed by atoms with van der Waals surface area (Å²) in [6, 6.07) is 8.36. The molecule has 1 heterocycles. The van der Waals surface area contributed by atoms with Crippen molar-refractivity contribution in [1.29, 1.82) is 0 Å². The predicted molar refractivity (Wildman–Crippen MR) is 98.2 cm³/mol. The molecule has 0 aliphatic rings. The zero-order valence-electron chi connectivity index (χ0n) is 15.2. The molecule has 0 saturated heterocycles. The zero-order chi connectivity index (χ0) is 19.6. The van der Waals surface area contributed by atoms with Crippen LogP contribution in [0.1, 0.15) is 12.5 Å². The number of nitrogens with zero attached hydrogens (tertiary/aromatic N) is 3. The number of benzene rings is 2. The molecule has 0 unspecified atom stereocenters. The maximum atomic E-state index is 11.6. The van der Waals surface area contributed by atoms with Crippen LogP contribution >= 0.6 is 0 Å². The molecule has 0 fully saturated rings. The van der Waals surface area contributed by atoms with E-state index in [-0.39, 0.29) is 18.1 Å². The normalized spacial score (nSPS) is 10.6. The summed E-state index contributed by atoms with van der Waals surface area (Å²) in [4.78, 5) is 12.9. The molecule has 3 aromatic rings. The highest BCUT2D eigenvalue weighted by Gasteiger charge is 2.15. The predicted octanol–water partition coefficient (Wildman–Crippen LogP) is 2.90. The Hall–Kier alpha value is -3.55. The number of esters is 1. The number of methoxy groups -OCH3 is 1. The van der Waals surface area contributed by atoms with Crippen LogP contribution in [0.4, 0.5) is 0 Å². The van der Waals surface area contributed by atoms with Gasteiger partial charge in [-0.3, -0.25) is 0 Å². The second-order valence-corrected chi connectivity index (χ2v) is 5.65. The lowest BCUT2D eigenvalue weighted by atomic mass is 10.2. The lowest BCUT2D eigenvalue weighted by Gasteiger charge is -2.09. The minimum Gasteiger partial charge on any atom is -0.505 e. The number of aromatic hydroxyl groups is 1. The monoisotopic (exact) mass is 369 g/mol. The molecule has 8 heteroatoms. The second-order valence-electron chi connectivity index (χ2n) is 5.65. The van der Waals surface area contributed by atoms with Crippen molar-refractivity contribution < 1.29 is 24.1 Å². The fourth-order valence-electron chi connectivity index (χ4n) is 2.51. The first-order valence-corrected chi connectivity index (χ1v) is 8.22. The van der Waals surface area contributed by atoms with Gasteiger partial charge < -0.3 is 19.3 Å². The molecule has 8 nitrogen and oxygen atoms in total. The summed E-state index contributed by atoms with van der Waals surface area (Å²) < 4.78 is 15.4. The van der Waals surface area contributed by atoms with Crippen LogP contribution in [0.2, 0.25) is 0 Å². The number of phenolic OH excluding ortho intramolecular Hbond substituents is 1. The van der Waals surface area contributed by atoms with Crippen LogP contribution in [0.15, 0.2) is 42.7 Å². The molecule has 0 saturated carbocycles. The molecule has 0 aliphatic carbocycles. The third-order valence-electron chi connectivity index (χ3n) is 3.89. The van der Waals surface area contributed by atoms with Crippen LogP contribution in [0, 0.1) is 6.92 Å². The SMILES string of the molecule is C=C(Oc1ccc2nn(-c3ccc(OC)c(C)c3O)nc2c1)C(=O)OCC. The zero-order valence-corrected chi connectivity index (χ0v) is 15.2. The maximum absolute atomic E-state index is 11.6. The lowest BCUT2D eigenvalue weighted by Crippen LogP contribution is -2.11. The largest absolute Gasteiger partial charge is 0.505 e. The van der Waals surface area contributed by atoms with E-state index >= 15 is 0 Å². The summed E-state index contributed by atoms with van der Waals surface area (Å²) in [6.45, 7) is 7.24. The first-order valence-electron chi connectivity index (χ1n) is 8.22. The molecule has 27 heavy (non-hydrogen) atoms. The number of fused-ring (bicyclic) bond motifs is 1. The Balaban J connectivity index is 1.92. The lowest BCUT2D eigenvalue weighted by molar-refractivity contribution is -0.140. The Bertz CT molecular complexity index is 1030.